The standard InChI is InChI=1S/C15H15ClF4O/c1-15(2)9(3-4-16)10(15)7-21-6-8-13(19)11(17)5-12(18)14(8)20/h3-5,9-10H,6-7H2,1-2H3/b4-3-. The number of hydrogen-bond acceptors (Lipinski definition) is 1. The minimum atomic E-state index is -1.43. The zero-order chi connectivity index (χ0) is 15.8. The van der Waals surface area contributed by atoms with E-state index < -0.39 is 35.4 Å². The van der Waals surface area contributed by atoms with Gasteiger partial charge < -0.3 is 4.74 Å². The van der Waals surface area contributed by atoms with Crippen LogP contribution in [0.15, 0.2) is 17.7 Å². The van der Waals surface area contributed by atoms with Crippen molar-refractivity contribution in [2.24, 2.45) is 17.3 Å². The Morgan fingerprint density at radius 2 is 1.76 bits per heavy atom. The summed E-state index contributed by atoms with van der Waals surface area (Å²) < 4.78 is 58.2. The predicted molar refractivity (Wildman–Crippen MR) is 71.7 cm³/mol. The second-order valence-corrected chi connectivity index (χ2v) is 5.99. The molecule has 0 aliphatic heterocycles. The van der Waals surface area contributed by atoms with Crippen molar-refractivity contribution in [2.45, 2.75) is 20.5 Å². The van der Waals surface area contributed by atoms with E-state index in [4.69, 9.17) is 16.3 Å². The molecule has 0 heterocycles. The summed E-state index contributed by atoms with van der Waals surface area (Å²) in [6.45, 7) is 3.75. The van der Waals surface area contributed by atoms with Crippen LogP contribution in [-0.2, 0) is 11.3 Å². The highest BCUT2D eigenvalue weighted by Crippen LogP contribution is 2.59. The fourth-order valence-electron chi connectivity index (χ4n) is 2.60. The average Bonchev–Trinajstić information content (AvgIpc) is 2.93. The Kier molecular flexibility index (Phi) is 4.63. The summed E-state index contributed by atoms with van der Waals surface area (Å²) in [5, 5.41) is 0. The van der Waals surface area contributed by atoms with Gasteiger partial charge in [-0.25, -0.2) is 17.6 Å². The first kappa shape index (κ1) is 16.3. The third-order valence-corrected chi connectivity index (χ3v) is 4.31. The summed E-state index contributed by atoms with van der Waals surface area (Å²) in [7, 11) is 0. The van der Waals surface area contributed by atoms with E-state index in [-0.39, 0.29) is 29.9 Å². The molecule has 1 saturated carbocycles. The highest BCUT2D eigenvalue weighted by molar-refractivity contribution is 6.25. The minimum Gasteiger partial charge on any atom is -0.376 e. The number of allylic oxidation sites excluding steroid dienone is 1. The van der Waals surface area contributed by atoms with Gasteiger partial charge in [0.2, 0.25) is 0 Å². The van der Waals surface area contributed by atoms with Gasteiger partial charge in [0, 0.05) is 11.6 Å². The summed E-state index contributed by atoms with van der Waals surface area (Å²) in [5.41, 5.74) is 0.680. The van der Waals surface area contributed by atoms with Crippen molar-refractivity contribution in [3.63, 3.8) is 0 Å². The molecule has 1 aromatic carbocycles. The lowest BCUT2D eigenvalue weighted by molar-refractivity contribution is 0.0969. The summed E-state index contributed by atoms with van der Waals surface area (Å²) in [6.07, 6.45) is 1.83. The van der Waals surface area contributed by atoms with Crippen molar-refractivity contribution >= 4 is 11.6 Å². The molecule has 1 aromatic rings. The van der Waals surface area contributed by atoms with E-state index in [9.17, 15) is 17.6 Å². The van der Waals surface area contributed by atoms with Crippen LogP contribution >= 0.6 is 11.6 Å². The first-order valence-corrected chi connectivity index (χ1v) is 6.90. The lowest BCUT2D eigenvalue weighted by Gasteiger charge is -2.08. The highest BCUT2D eigenvalue weighted by atomic mass is 35.5. The van der Waals surface area contributed by atoms with Crippen molar-refractivity contribution < 1.29 is 22.3 Å². The van der Waals surface area contributed by atoms with Gasteiger partial charge in [-0.05, 0) is 17.3 Å². The molecular formula is C15H15ClF4O. The molecule has 0 N–H and O–H groups in total. The van der Waals surface area contributed by atoms with Crippen LogP contribution in [0.4, 0.5) is 17.6 Å². The smallest absolute Gasteiger partial charge is 0.167 e. The van der Waals surface area contributed by atoms with E-state index in [1.807, 2.05) is 19.9 Å². The third-order valence-electron chi connectivity index (χ3n) is 4.17. The van der Waals surface area contributed by atoms with Gasteiger partial charge in [0.1, 0.15) is 0 Å². The van der Waals surface area contributed by atoms with E-state index in [1.165, 1.54) is 5.54 Å². The molecule has 0 bridgehead atoms. The molecule has 1 fully saturated rings. The van der Waals surface area contributed by atoms with Crippen LogP contribution < -0.4 is 0 Å². The van der Waals surface area contributed by atoms with Gasteiger partial charge in [-0.3, -0.25) is 0 Å². The first-order valence-electron chi connectivity index (χ1n) is 6.47. The molecule has 1 aliphatic carbocycles. The molecule has 2 atom stereocenters. The van der Waals surface area contributed by atoms with Gasteiger partial charge >= 0.3 is 0 Å². The Morgan fingerprint density at radius 3 is 2.29 bits per heavy atom. The normalized spacial score (nSPS) is 23.8. The van der Waals surface area contributed by atoms with E-state index >= 15 is 0 Å². The Morgan fingerprint density at radius 1 is 1.19 bits per heavy atom. The molecule has 0 radical (unpaired) electrons. The molecule has 116 valence electrons. The fourth-order valence-corrected chi connectivity index (χ4v) is 2.76. The lowest BCUT2D eigenvalue weighted by atomic mass is 10.1. The van der Waals surface area contributed by atoms with Crippen LogP contribution in [-0.4, -0.2) is 6.61 Å². The van der Waals surface area contributed by atoms with Crippen LogP contribution in [0.1, 0.15) is 19.4 Å². The second-order valence-electron chi connectivity index (χ2n) is 5.73. The molecule has 0 aromatic heterocycles. The van der Waals surface area contributed by atoms with Gasteiger partial charge in [-0.15, -0.1) is 0 Å². The number of halogens is 5. The zero-order valence-corrected chi connectivity index (χ0v) is 12.4. The molecule has 0 saturated heterocycles. The minimum absolute atomic E-state index is 0.0182. The van der Waals surface area contributed by atoms with Crippen molar-refractivity contribution in [2.75, 3.05) is 6.61 Å². The molecule has 0 spiro atoms. The summed E-state index contributed by atoms with van der Waals surface area (Å²) in [5.74, 6) is -5.32. The Bertz CT molecular complexity index is 545. The van der Waals surface area contributed by atoms with Gasteiger partial charge in [-0.1, -0.05) is 31.5 Å². The third kappa shape index (κ3) is 3.09. The quantitative estimate of drug-likeness (QED) is 0.560. The molecule has 21 heavy (non-hydrogen) atoms. The molecule has 1 nitrogen and oxygen atoms in total. The monoisotopic (exact) mass is 322 g/mol. The van der Waals surface area contributed by atoms with Crippen molar-refractivity contribution in [1.82, 2.24) is 0 Å². The summed E-state index contributed by atoms with van der Waals surface area (Å²) in [4.78, 5) is 0. The summed E-state index contributed by atoms with van der Waals surface area (Å²) >= 11 is 5.53. The Hall–Kier alpha value is -1.07. The molecule has 1 aliphatic rings. The van der Waals surface area contributed by atoms with Crippen LogP contribution in [0, 0.1) is 40.5 Å². The van der Waals surface area contributed by atoms with E-state index in [0.29, 0.717) is 0 Å². The van der Waals surface area contributed by atoms with Gasteiger partial charge in [0.25, 0.3) is 0 Å². The topological polar surface area (TPSA) is 9.23 Å². The van der Waals surface area contributed by atoms with Crippen molar-refractivity contribution in [3.05, 3.63) is 46.5 Å². The molecule has 0 amide bonds. The van der Waals surface area contributed by atoms with Crippen LogP contribution in [0.3, 0.4) is 0 Å². The highest BCUT2D eigenvalue weighted by Gasteiger charge is 2.55. The number of benzene rings is 1. The van der Waals surface area contributed by atoms with Gasteiger partial charge in [0.05, 0.1) is 18.8 Å². The van der Waals surface area contributed by atoms with E-state index in [1.54, 1.807) is 0 Å². The average molecular weight is 323 g/mol. The number of ether oxygens (including phenoxy) is 1. The maximum absolute atomic E-state index is 13.4. The largest absolute Gasteiger partial charge is 0.376 e. The maximum Gasteiger partial charge on any atom is 0.167 e. The van der Waals surface area contributed by atoms with Crippen LogP contribution in [0.25, 0.3) is 0 Å². The van der Waals surface area contributed by atoms with E-state index in [2.05, 4.69) is 0 Å². The van der Waals surface area contributed by atoms with Crippen LogP contribution in [0.2, 0.25) is 0 Å². The molecule has 2 rings (SSSR count). The maximum atomic E-state index is 13.4. The number of hydrogen-bond donors (Lipinski definition) is 0. The Labute approximate surface area is 125 Å². The summed E-state index contributed by atoms with van der Waals surface area (Å²) in [6, 6.07) is 0.180. The Balaban J connectivity index is 2.00. The number of rotatable bonds is 5. The SMILES string of the molecule is CC1(C)C(/C=C\Cl)C1COCc1c(F)c(F)cc(F)c1F. The zero-order valence-electron chi connectivity index (χ0n) is 11.6. The molecule has 6 heteroatoms. The molecule has 2 unspecified atom stereocenters. The second kappa shape index (κ2) is 5.97. The first-order chi connectivity index (χ1) is 9.80. The fraction of sp³-hybridized carbons (Fsp3) is 0.467. The van der Waals surface area contributed by atoms with Gasteiger partial charge in [0.15, 0.2) is 23.3 Å². The van der Waals surface area contributed by atoms with E-state index in [0.717, 1.165) is 0 Å². The predicted octanol–water partition coefficient (Wildman–Crippen LogP) is 4.78. The molecular weight excluding hydrogens is 308 g/mol. The lowest BCUT2D eigenvalue weighted by Crippen LogP contribution is -2.07. The van der Waals surface area contributed by atoms with Crippen molar-refractivity contribution in [3.8, 4) is 0 Å². The van der Waals surface area contributed by atoms with Gasteiger partial charge in [-0.2, -0.15) is 0 Å². The van der Waals surface area contributed by atoms with Crippen molar-refractivity contribution in [1.29, 1.82) is 0 Å². The van der Waals surface area contributed by atoms with Crippen LogP contribution in [0.5, 0.6) is 0 Å².